The number of nitrogens with one attached hydrogen (secondary N) is 1. The number of hydrogen-bond acceptors (Lipinski definition) is 3. The Bertz CT molecular complexity index is 738. The van der Waals surface area contributed by atoms with Crippen LogP contribution >= 0.6 is 0 Å². The van der Waals surface area contributed by atoms with Gasteiger partial charge < -0.3 is 5.32 Å². The second-order valence-corrected chi connectivity index (χ2v) is 6.12. The van der Waals surface area contributed by atoms with Gasteiger partial charge in [0.1, 0.15) is 6.54 Å². The van der Waals surface area contributed by atoms with Crippen molar-refractivity contribution in [2.75, 3.05) is 0 Å². The van der Waals surface area contributed by atoms with Crippen molar-refractivity contribution < 1.29 is 4.79 Å². The fourth-order valence-electron chi connectivity index (χ4n) is 3.21. The molecule has 1 amide bonds. The van der Waals surface area contributed by atoms with Crippen LogP contribution < -0.4 is 10.7 Å². The Hall–Kier alpha value is -2.17. The molecule has 0 aliphatic heterocycles. The molecule has 0 saturated heterocycles. The molecule has 2 atom stereocenters. The second-order valence-electron chi connectivity index (χ2n) is 6.12. The molecule has 1 fully saturated rings. The topological polar surface area (TPSA) is 64.0 Å². The van der Waals surface area contributed by atoms with Gasteiger partial charge in [-0.15, -0.1) is 0 Å². The van der Waals surface area contributed by atoms with Crippen LogP contribution in [0.1, 0.15) is 32.6 Å². The fraction of sp³-hybridized carbons (Fsp3) is 0.471. The molecule has 1 aliphatic rings. The van der Waals surface area contributed by atoms with Crippen molar-refractivity contribution in [2.24, 2.45) is 5.92 Å². The largest absolute Gasteiger partial charge is 0.351 e. The van der Waals surface area contributed by atoms with Gasteiger partial charge in [0.05, 0.1) is 11.7 Å². The van der Waals surface area contributed by atoms with Crippen LogP contribution in [0.3, 0.4) is 0 Å². The van der Waals surface area contributed by atoms with E-state index in [2.05, 4.69) is 17.3 Å². The van der Waals surface area contributed by atoms with Gasteiger partial charge in [0.25, 0.3) is 0 Å². The van der Waals surface area contributed by atoms with E-state index in [-0.39, 0.29) is 23.9 Å². The highest BCUT2D eigenvalue weighted by Gasteiger charge is 2.22. The number of carbonyl (C=O) groups excluding carboxylic acids is 1. The Kier molecular flexibility index (Phi) is 4.22. The average molecular weight is 299 g/mol. The van der Waals surface area contributed by atoms with Gasteiger partial charge in [0.2, 0.25) is 11.3 Å². The minimum absolute atomic E-state index is 0.0416. The minimum atomic E-state index is -0.117. The van der Waals surface area contributed by atoms with Crippen molar-refractivity contribution in [3.05, 3.63) is 40.7 Å². The molecule has 3 rings (SSSR count). The maximum Gasteiger partial charge on any atom is 0.241 e. The molecule has 116 valence electrons. The summed E-state index contributed by atoms with van der Waals surface area (Å²) in [5.74, 6) is 0.483. The first-order valence-electron chi connectivity index (χ1n) is 7.89. The Morgan fingerprint density at radius 2 is 2.09 bits per heavy atom. The minimum Gasteiger partial charge on any atom is -0.351 e. The zero-order valence-electron chi connectivity index (χ0n) is 12.8. The predicted octanol–water partition coefficient (Wildman–Crippen LogP) is 2.09. The molecular weight excluding hydrogens is 278 g/mol. The Morgan fingerprint density at radius 1 is 1.32 bits per heavy atom. The highest BCUT2D eigenvalue weighted by atomic mass is 16.2. The van der Waals surface area contributed by atoms with Crippen LogP contribution in [0.2, 0.25) is 0 Å². The van der Waals surface area contributed by atoms with Gasteiger partial charge in [-0.2, -0.15) is 5.10 Å². The number of amides is 1. The van der Waals surface area contributed by atoms with Gasteiger partial charge in [-0.05, 0) is 30.9 Å². The van der Waals surface area contributed by atoms with Crippen molar-refractivity contribution >= 4 is 16.8 Å². The van der Waals surface area contributed by atoms with E-state index in [0.29, 0.717) is 16.8 Å². The molecule has 5 nitrogen and oxygen atoms in total. The summed E-state index contributed by atoms with van der Waals surface area (Å²) in [6, 6.07) is 7.50. The molecule has 1 saturated carbocycles. The summed E-state index contributed by atoms with van der Waals surface area (Å²) in [5.41, 5.74) is 0.579. The van der Waals surface area contributed by atoms with E-state index in [0.717, 1.165) is 6.42 Å². The second kappa shape index (κ2) is 6.30. The summed E-state index contributed by atoms with van der Waals surface area (Å²) in [6.07, 6.45) is 5.92. The molecule has 0 radical (unpaired) electrons. The molecule has 0 spiro atoms. The number of carbonyl (C=O) groups is 1. The highest BCUT2D eigenvalue weighted by molar-refractivity contribution is 5.81. The number of benzene rings is 1. The Labute approximate surface area is 129 Å². The van der Waals surface area contributed by atoms with Crippen molar-refractivity contribution in [3.63, 3.8) is 0 Å². The third-order valence-electron chi connectivity index (χ3n) is 4.51. The summed E-state index contributed by atoms with van der Waals surface area (Å²) in [6.45, 7) is 2.33. The van der Waals surface area contributed by atoms with Gasteiger partial charge >= 0.3 is 0 Å². The summed E-state index contributed by atoms with van der Waals surface area (Å²) in [5, 5.41) is 7.81. The molecule has 22 heavy (non-hydrogen) atoms. The van der Waals surface area contributed by atoms with E-state index in [9.17, 15) is 9.59 Å². The molecule has 1 N–H and O–H groups in total. The van der Waals surface area contributed by atoms with Crippen LogP contribution in [0.15, 0.2) is 35.3 Å². The lowest BCUT2D eigenvalue weighted by atomic mass is 9.86. The molecular formula is C17H21N3O2. The Balaban J connectivity index is 1.77. The van der Waals surface area contributed by atoms with Crippen LogP contribution in [-0.2, 0) is 11.3 Å². The molecule has 1 aromatic heterocycles. The lowest BCUT2D eigenvalue weighted by molar-refractivity contribution is -0.123. The van der Waals surface area contributed by atoms with E-state index >= 15 is 0 Å². The van der Waals surface area contributed by atoms with Gasteiger partial charge in [0, 0.05) is 11.4 Å². The molecule has 5 heteroatoms. The maximum atomic E-state index is 12.3. The SMILES string of the molecule is C[C@H]1CCCC[C@@H]1NC(=O)Cn1ncc(=O)c2ccccc21. The molecule has 1 heterocycles. The van der Waals surface area contributed by atoms with Crippen LogP contribution in [0.25, 0.3) is 10.9 Å². The smallest absolute Gasteiger partial charge is 0.241 e. The molecule has 0 bridgehead atoms. The zero-order valence-corrected chi connectivity index (χ0v) is 12.8. The quantitative estimate of drug-likeness (QED) is 0.944. The molecule has 0 unspecified atom stereocenters. The summed E-state index contributed by atoms with van der Waals surface area (Å²) < 4.78 is 1.60. The third kappa shape index (κ3) is 3.03. The lowest BCUT2D eigenvalue weighted by Gasteiger charge is -2.29. The standard InChI is InChI=1S/C17H21N3O2/c1-12-6-2-4-8-14(12)19-17(22)11-20-15-9-5-3-7-13(15)16(21)10-18-20/h3,5,7,9-10,12,14H,2,4,6,8,11H2,1H3,(H,19,22)/t12-,14-/m0/s1. The lowest BCUT2D eigenvalue weighted by Crippen LogP contribution is -2.42. The summed E-state index contributed by atoms with van der Waals surface area (Å²) >= 11 is 0. The maximum absolute atomic E-state index is 12.3. The van der Waals surface area contributed by atoms with Crippen LogP contribution in [0.5, 0.6) is 0 Å². The van der Waals surface area contributed by atoms with E-state index in [4.69, 9.17) is 0 Å². The fourth-order valence-corrected chi connectivity index (χ4v) is 3.21. The summed E-state index contributed by atoms with van der Waals surface area (Å²) in [4.78, 5) is 24.1. The van der Waals surface area contributed by atoms with Gasteiger partial charge in [0.15, 0.2) is 0 Å². The predicted molar refractivity (Wildman–Crippen MR) is 85.6 cm³/mol. The first-order chi connectivity index (χ1) is 10.6. The summed E-state index contributed by atoms with van der Waals surface area (Å²) in [7, 11) is 0. The number of fused-ring (bicyclic) bond motifs is 1. The van der Waals surface area contributed by atoms with Gasteiger partial charge in [-0.25, -0.2) is 0 Å². The Morgan fingerprint density at radius 3 is 2.91 bits per heavy atom. The van der Waals surface area contributed by atoms with Crippen molar-refractivity contribution in [1.29, 1.82) is 0 Å². The highest BCUT2D eigenvalue weighted by Crippen LogP contribution is 2.23. The normalized spacial score (nSPS) is 21.7. The van der Waals surface area contributed by atoms with E-state index in [1.807, 2.05) is 18.2 Å². The van der Waals surface area contributed by atoms with E-state index in [1.165, 1.54) is 25.5 Å². The van der Waals surface area contributed by atoms with Crippen molar-refractivity contribution in [1.82, 2.24) is 15.1 Å². The molecule has 2 aromatic rings. The first-order valence-corrected chi connectivity index (χ1v) is 7.89. The van der Waals surface area contributed by atoms with E-state index < -0.39 is 0 Å². The number of para-hydroxylation sites is 1. The van der Waals surface area contributed by atoms with Crippen molar-refractivity contribution in [2.45, 2.75) is 45.2 Å². The zero-order chi connectivity index (χ0) is 15.5. The number of nitrogens with zero attached hydrogens (tertiary/aromatic N) is 2. The first kappa shape index (κ1) is 14.8. The monoisotopic (exact) mass is 299 g/mol. The molecule has 1 aromatic carbocycles. The average Bonchev–Trinajstić information content (AvgIpc) is 2.53. The van der Waals surface area contributed by atoms with Crippen LogP contribution in [0, 0.1) is 5.92 Å². The third-order valence-corrected chi connectivity index (χ3v) is 4.51. The van der Waals surface area contributed by atoms with Gasteiger partial charge in [-0.3, -0.25) is 14.3 Å². The van der Waals surface area contributed by atoms with Crippen LogP contribution in [-0.4, -0.2) is 21.7 Å². The van der Waals surface area contributed by atoms with Gasteiger partial charge in [-0.1, -0.05) is 31.9 Å². The van der Waals surface area contributed by atoms with Crippen molar-refractivity contribution in [3.8, 4) is 0 Å². The number of rotatable bonds is 3. The number of aromatic nitrogens is 2. The van der Waals surface area contributed by atoms with Crippen LogP contribution in [0.4, 0.5) is 0 Å². The molecule has 1 aliphatic carbocycles. The number of hydrogen-bond donors (Lipinski definition) is 1. The van der Waals surface area contributed by atoms with E-state index in [1.54, 1.807) is 10.7 Å².